The second-order valence-corrected chi connectivity index (χ2v) is 9.13. The first kappa shape index (κ1) is 23.9. The van der Waals surface area contributed by atoms with Crippen LogP contribution >= 0.6 is 0 Å². The van der Waals surface area contributed by atoms with Crippen LogP contribution in [0, 0.1) is 11.8 Å². The van der Waals surface area contributed by atoms with Gasteiger partial charge in [-0.2, -0.15) is 0 Å². The minimum absolute atomic E-state index is 0.0283. The van der Waals surface area contributed by atoms with Gasteiger partial charge in [-0.1, -0.05) is 26.0 Å². The molecule has 0 unspecified atom stereocenters. The molecule has 32 heavy (non-hydrogen) atoms. The molecule has 0 spiro atoms. The van der Waals surface area contributed by atoms with Gasteiger partial charge in [-0.05, 0) is 50.8 Å². The van der Waals surface area contributed by atoms with E-state index in [1.54, 1.807) is 0 Å². The Bertz CT molecular complexity index is 943. The van der Waals surface area contributed by atoms with Crippen LogP contribution in [0.15, 0.2) is 24.3 Å². The molecule has 1 saturated carbocycles. The molecule has 8 nitrogen and oxygen atoms in total. The monoisotopic (exact) mass is 440 g/mol. The number of amides is 2. The number of benzene rings is 1. The van der Waals surface area contributed by atoms with Gasteiger partial charge in [-0.25, -0.2) is 9.97 Å². The van der Waals surface area contributed by atoms with Crippen molar-refractivity contribution >= 4 is 28.5 Å². The summed E-state index contributed by atoms with van der Waals surface area (Å²) in [6, 6.07) is 7.22. The van der Waals surface area contributed by atoms with Crippen LogP contribution in [0.25, 0.3) is 10.9 Å². The van der Waals surface area contributed by atoms with Gasteiger partial charge in [0, 0.05) is 31.4 Å². The van der Waals surface area contributed by atoms with Crippen LogP contribution in [0.1, 0.15) is 45.9 Å². The van der Waals surface area contributed by atoms with Crippen LogP contribution in [0.3, 0.4) is 0 Å². The number of nitrogens with zero attached hydrogens (tertiary/aromatic N) is 4. The number of carbonyl (C=O) groups excluding carboxylic acids is 2. The summed E-state index contributed by atoms with van der Waals surface area (Å²) in [5.74, 6) is 1.75. The molecule has 1 aromatic carbocycles. The van der Waals surface area contributed by atoms with Gasteiger partial charge in [-0.15, -0.1) is 0 Å². The second kappa shape index (κ2) is 10.7. The first-order chi connectivity index (χ1) is 15.3. The lowest BCUT2D eigenvalue weighted by atomic mass is 10.0. The average Bonchev–Trinajstić information content (AvgIpc) is 3.55. The molecule has 1 atom stereocenters. The van der Waals surface area contributed by atoms with E-state index in [0.29, 0.717) is 37.1 Å². The molecule has 1 heterocycles. The van der Waals surface area contributed by atoms with Gasteiger partial charge >= 0.3 is 0 Å². The summed E-state index contributed by atoms with van der Waals surface area (Å²) >= 11 is 0. The molecule has 1 aliphatic carbocycles. The van der Waals surface area contributed by atoms with E-state index in [2.05, 4.69) is 10.2 Å². The minimum atomic E-state index is -0.519. The number of hydrogen-bond acceptors (Lipinski definition) is 6. The van der Waals surface area contributed by atoms with Crippen molar-refractivity contribution in [2.75, 3.05) is 32.0 Å². The first-order valence-electron chi connectivity index (χ1n) is 11.6. The van der Waals surface area contributed by atoms with Crippen molar-refractivity contribution in [3.63, 3.8) is 0 Å². The van der Waals surface area contributed by atoms with Gasteiger partial charge in [0.25, 0.3) is 0 Å². The van der Waals surface area contributed by atoms with E-state index in [9.17, 15) is 9.59 Å². The van der Waals surface area contributed by atoms with Crippen molar-refractivity contribution in [2.24, 2.45) is 17.6 Å². The second-order valence-electron chi connectivity index (χ2n) is 9.13. The zero-order chi connectivity index (χ0) is 23.3. The molecule has 0 bridgehead atoms. The number of rotatable bonds is 12. The number of para-hydroxylation sites is 1. The number of nitrogens with one attached hydrogen (secondary N) is 1. The average molecular weight is 441 g/mol. The lowest BCUT2D eigenvalue weighted by Crippen LogP contribution is -2.40. The highest BCUT2D eigenvalue weighted by Gasteiger charge is 2.26. The quantitative estimate of drug-likeness (QED) is 0.526. The number of nitrogens with two attached hydrogens (primary N) is 1. The predicted octanol–water partition coefficient (Wildman–Crippen LogP) is 2.63. The Morgan fingerprint density at radius 3 is 2.53 bits per heavy atom. The van der Waals surface area contributed by atoms with Crippen LogP contribution < -0.4 is 11.1 Å². The van der Waals surface area contributed by atoms with Gasteiger partial charge in [0.1, 0.15) is 17.7 Å². The van der Waals surface area contributed by atoms with E-state index in [-0.39, 0.29) is 11.8 Å². The van der Waals surface area contributed by atoms with E-state index in [1.807, 2.05) is 57.0 Å². The Morgan fingerprint density at radius 2 is 1.91 bits per heavy atom. The largest absolute Gasteiger partial charge is 0.368 e. The summed E-state index contributed by atoms with van der Waals surface area (Å²) in [5, 5.41) is 4.09. The maximum Gasteiger partial charge on any atom is 0.240 e. The molecule has 1 aromatic heterocycles. The Balaban J connectivity index is 1.70. The van der Waals surface area contributed by atoms with Gasteiger partial charge < -0.3 is 16.0 Å². The Kier molecular flexibility index (Phi) is 8.01. The number of carbonyl (C=O) groups is 2. The minimum Gasteiger partial charge on any atom is -0.368 e. The molecule has 2 aromatic rings. The normalized spacial score (nSPS) is 14.7. The van der Waals surface area contributed by atoms with E-state index >= 15 is 0 Å². The molecule has 1 fully saturated rings. The van der Waals surface area contributed by atoms with Crippen LogP contribution in [-0.2, 0) is 16.1 Å². The lowest BCUT2D eigenvalue weighted by Gasteiger charge is -2.25. The number of primary amides is 1. The molecule has 0 aliphatic heterocycles. The number of aromatic nitrogens is 2. The smallest absolute Gasteiger partial charge is 0.240 e. The Hall–Kier alpha value is -2.74. The molecular formula is C24H36N6O2. The third-order valence-electron chi connectivity index (χ3n) is 5.97. The van der Waals surface area contributed by atoms with E-state index in [0.717, 1.165) is 24.0 Å². The van der Waals surface area contributed by atoms with E-state index < -0.39 is 11.9 Å². The molecular weight excluding hydrogens is 404 g/mol. The zero-order valence-electron chi connectivity index (χ0n) is 19.7. The molecule has 3 N–H and O–H groups in total. The number of fused-ring (bicyclic) bond motifs is 1. The Labute approximate surface area is 190 Å². The zero-order valence-corrected chi connectivity index (χ0v) is 19.7. The fourth-order valence-corrected chi connectivity index (χ4v) is 3.79. The van der Waals surface area contributed by atoms with Gasteiger partial charge in [0.2, 0.25) is 11.8 Å². The molecule has 0 radical (unpaired) electrons. The third-order valence-corrected chi connectivity index (χ3v) is 5.97. The van der Waals surface area contributed by atoms with E-state index in [1.165, 1.54) is 12.8 Å². The summed E-state index contributed by atoms with van der Waals surface area (Å²) in [7, 11) is 2.01. The number of hydrogen-bond donors (Lipinski definition) is 2. The molecule has 0 saturated heterocycles. The Morgan fingerprint density at radius 1 is 1.19 bits per heavy atom. The molecule has 1 aliphatic rings. The van der Waals surface area contributed by atoms with E-state index in [4.69, 9.17) is 15.7 Å². The molecule has 3 rings (SSSR count). The number of likely N-dealkylation sites (N-methyl/N-ethyl adjacent to an activating group) is 2. The van der Waals surface area contributed by atoms with Gasteiger partial charge in [-0.3, -0.25) is 14.5 Å². The van der Waals surface area contributed by atoms with Crippen molar-refractivity contribution in [3.05, 3.63) is 30.1 Å². The molecule has 174 valence electrons. The highest BCUT2D eigenvalue weighted by molar-refractivity contribution is 5.91. The van der Waals surface area contributed by atoms with Crippen molar-refractivity contribution in [2.45, 2.75) is 52.6 Å². The first-order valence-corrected chi connectivity index (χ1v) is 11.6. The molecule has 8 heteroatoms. The van der Waals surface area contributed by atoms with Crippen molar-refractivity contribution in [1.82, 2.24) is 19.8 Å². The van der Waals surface area contributed by atoms with Crippen molar-refractivity contribution < 1.29 is 9.59 Å². The van der Waals surface area contributed by atoms with Crippen molar-refractivity contribution in [1.29, 1.82) is 0 Å². The molecule has 2 amide bonds. The summed E-state index contributed by atoms with van der Waals surface area (Å²) in [4.78, 5) is 37.8. The van der Waals surface area contributed by atoms with Gasteiger partial charge in [0.15, 0.2) is 0 Å². The highest BCUT2D eigenvalue weighted by atomic mass is 16.2. The summed E-state index contributed by atoms with van der Waals surface area (Å²) in [5.41, 5.74) is 6.42. The van der Waals surface area contributed by atoms with Crippen molar-refractivity contribution in [3.8, 4) is 0 Å². The van der Waals surface area contributed by atoms with Crippen LogP contribution in [-0.4, -0.2) is 64.3 Å². The van der Waals surface area contributed by atoms with Crippen LogP contribution in [0.4, 0.5) is 5.82 Å². The third kappa shape index (κ3) is 6.38. The fourth-order valence-electron chi connectivity index (χ4n) is 3.79. The maximum atomic E-state index is 12.4. The topological polar surface area (TPSA) is 104 Å². The summed E-state index contributed by atoms with van der Waals surface area (Å²) in [6.07, 6.45) is 3.05. The maximum absolute atomic E-state index is 12.4. The fraction of sp³-hybridized carbons (Fsp3) is 0.583. The standard InChI is InChI=1S/C24H36N6O2/c1-5-30(21(31)14-17-10-11-17)13-12-29(4)15-20-26-19-9-7-6-8-18(19)24(27-20)28-22(16(2)3)23(25)32/h6-9,16-17,22H,5,10-15H2,1-4H3,(H2,25,32)(H,26,27,28)/t22-/m0/s1. The highest BCUT2D eigenvalue weighted by Crippen LogP contribution is 2.32. The SMILES string of the molecule is CCN(CCN(C)Cc1nc(N[C@H](C(N)=O)C(C)C)c2ccccc2n1)C(=O)CC1CC1. The summed E-state index contributed by atoms with van der Waals surface area (Å²) < 4.78 is 0. The van der Waals surface area contributed by atoms with Crippen LogP contribution in [0.2, 0.25) is 0 Å². The number of anilines is 1. The summed E-state index contributed by atoms with van der Waals surface area (Å²) in [6.45, 7) is 8.61. The van der Waals surface area contributed by atoms with Gasteiger partial charge in [0.05, 0.1) is 12.1 Å². The predicted molar refractivity (Wildman–Crippen MR) is 127 cm³/mol. The van der Waals surface area contributed by atoms with Crippen LogP contribution in [0.5, 0.6) is 0 Å². The lowest BCUT2D eigenvalue weighted by molar-refractivity contribution is -0.131.